The van der Waals surface area contributed by atoms with E-state index in [9.17, 15) is 9.59 Å². The molecule has 2 unspecified atom stereocenters. The summed E-state index contributed by atoms with van der Waals surface area (Å²) in [5.74, 6) is 1.13. The number of carbonyl (C=O) groups is 2. The van der Waals surface area contributed by atoms with Crippen LogP contribution in [0.25, 0.3) is 0 Å². The van der Waals surface area contributed by atoms with Crippen LogP contribution in [0.4, 0.5) is 5.82 Å². The maximum atomic E-state index is 12.4. The molecule has 4 rings (SSSR count). The number of aromatic nitrogens is 1. The number of amides is 1. The van der Waals surface area contributed by atoms with Crippen molar-refractivity contribution in [2.75, 3.05) is 11.9 Å². The van der Waals surface area contributed by atoms with E-state index < -0.39 is 0 Å². The smallest absolute Gasteiger partial charge is 0.256 e. The third kappa shape index (κ3) is 2.29. The number of nitrogens with zero attached hydrogens (tertiary/aromatic N) is 1. The van der Waals surface area contributed by atoms with E-state index >= 15 is 0 Å². The number of carbonyl (C=O) groups excluding carboxylic acids is 2. The average molecular weight is 308 g/mol. The van der Waals surface area contributed by atoms with Crippen molar-refractivity contribution in [1.82, 2.24) is 4.98 Å². The minimum absolute atomic E-state index is 0.0410. The van der Waals surface area contributed by atoms with Gasteiger partial charge in [-0.1, -0.05) is 6.07 Å². The fourth-order valence-corrected chi connectivity index (χ4v) is 3.40. The van der Waals surface area contributed by atoms with E-state index in [0.717, 1.165) is 30.4 Å². The summed E-state index contributed by atoms with van der Waals surface area (Å²) in [7, 11) is 0. The van der Waals surface area contributed by atoms with Gasteiger partial charge in [-0.25, -0.2) is 4.98 Å². The third-order valence-electron chi connectivity index (χ3n) is 4.79. The van der Waals surface area contributed by atoms with E-state index in [4.69, 9.17) is 4.74 Å². The number of hydrogen-bond acceptors (Lipinski definition) is 4. The first-order valence-corrected chi connectivity index (χ1v) is 7.68. The summed E-state index contributed by atoms with van der Waals surface area (Å²) in [6.07, 6.45) is 4.33. The highest BCUT2D eigenvalue weighted by molar-refractivity contribution is 6.04. The molecule has 23 heavy (non-hydrogen) atoms. The molecule has 1 aromatic carbocycles. The van der Waals surface area contributed by atoms with Crippen LogP contribution in [0.5, 0.6) is 5.75 Å². The maximum Gasteiger partial charge on any atom is 0.256 e. The summed E-state index contributed by atoms with van der Waals surface area (Å²) in [5, 5.41) is 2.78. The minimum atomic E-state index is -0.212. The monoisotopic (exact) mass is 308 g/mol. The molecule has 2 aliphatic rings. The van der Waals surface area contributed by atoms with Crippen molar-refractivity contribution in [2.45, 2.75) is 18.3 Å². The Labute approximate surface area is 133 Å². The summed E-state index contributed by atoms with van der Waals surface area (Å²) in [6.45, 7) is 0.622. The first kappa shape index (κ1) is 13.9. The summed E-state index contributed by atoms with van der Waals surface area (Å²) < 4.78 is 5.68. The highest BCUT2D eigenvalue weighted by atomic mass is 16.5. The van der Waals surface area contributed by atoms with Gasteiger partial charge in [0.05, 0.1) is 6.61 Å². The van der Waals surface area contributed by atoms with Crippen molar-refractivity contribution in [1.29, 1.82) is 0 Å². The van der Waals surface area contributed by atoms with Crippen LogP contribution in [0.15, 0.2) is 42.6 Å². The van der Waals surface area contributed by atoms with Gasteiger partial charge in [0.2, 0.25) is 0 Å². The van der Waals surface area contributed by atoms with Gasteiger partial charge in [0.25, 0.3) is 5.91 Å². The number of fused-ring (bicyclic) bond motifs is 2. The Hall–Kier alpha value is -2.69. The zero-order valence-electron chi connectivity index (χ0n) is 12.5. The molecule has 0 bridgehead atoms. The molecule has 2 heterocycles. The third-order valence-corrected chi connectivity index (χ3v) is 4.79. The number of nitrogens with one attached hydrogen (secondary N) is 1. The standard InChI is InChI=1S/C18H16N2O3/c21-11-13-10-18(13)6-8-23-15-5-4-12(9-14(15)18)17(22)20-16-3-1-2-7-19-16/h1-5,7,9,11,13H,6,8,10H2,(H,19,20,22). The van der Waals surface area contributed by atoms with Gasteiger partial charge in [-0.3, -0.25) is 4.79 Å². The van der Waals surface area contributed by atoms with Gasteiger partial charge >= 0.3 is 0 Å². The first-order valence-electron chi connectivity index (χ1n) is 7.68. The predicted molar refractivity (Wildman–Crippen MR) is 84.6 cm³/mol. The van der Waals surface area contributed by atoms with Crippen LogP contribution in [0, 0.1) is 5.92 Å². The average Bonchev–Trinajstić information content (AvgIpc) is 3.29. The Bertz CT molecular complexity index is 775. The zero-order valence-corrected chi connectivity index (χ0v) is 12.5. The van der Waals surface area contributed by atoms with Crippen LogP contribution < -0.4 is 10.1 Å². The van der Waals surface area contributed by atoms with E-state index in [1.54, 1.807) is 24.4 Å². The molecule has 2 aromatic rings. The second-order valence-corrected chi connectivity index (χ2v) is 6.08. The molecule has 0 radical (unpaired) electrons. The molecule has 1 aliphatic carbocycles. The van der Waals surface area contributed by atoms with Crippen LogP contribution in [0.1, 0.15) is 28.8 Å². The molecular formula is C18H16N2O3. The molecule has 5 heteroatoms. The van der Waals surface area contributed by atoms with Crippen molar-refractivity contribution in [2.24, 2.45) is 5.92 Å². The van der Waals surface area contributed by atoms with Crippen molar-refractivity contribution in [3.8, 4) is 5.75 Å². The van der Waals surface area contributed by atoms with Crippen LogP contribution in [0.2, 0.25) is 0 Å². The summed E-state index contributed by atoms with van der Waals surface area (Å²) >= 11 is 0. The van der Waals surface area contributed by atoms with E-state index in [1.807, 2.05) is 18.2 Å². The van der Waals surface area contributed by atoms with Crippen LogP contribution in [-0.2, 0) is 10.2 Å². The van der Waals surface area contributed by atoms with Crippen LogP contribution in [0.3, 0.4) is 0 Å². The maximum absolute atomic E-state index is 12.4. The Morgan fingerprint density at radius 2 is 2.26 bits per heavy atom. The van der Waals surface area contributed by atoms with Crippen molar-refractivity contribution in [3.63, 3.8) is 0 Å². The van der Waals surface area contributed by atoms with E-state index in [1.165, 1.54) is 0 Å². The van der Waals surface area contributed by atoms with E-state index in [2.05, 4.69) is 10.3 Å². The number of pyridine rings is 1. The Morgan fingerprint density at radius 3 is 3.00 bits per heavy atom. The summed E-state index contributed by atoms with van der Waals surface area (Å²) in [6, 6.07) is 10.8. The predicted octanol–water partition coefficient (Wildman–Crippen LogP) is 2.57. The number of benzene rings is 1. The van der Waals surface area contributed by atoms with Gasteiger partial charge in [0.15, 0.2) is 0 Å². The van der Waals surface area contributed by atoms with Gasteiger partial charge in [-0.15, -0.1) is 0 Å². The fourth-order valence-electron chi connectivity index (χ4n) is 3.40. The molecule has 1 aromatic heterocycles. The fraction of sp³-hybridized carbons (Fsp3) is 0.278. The highest BCUT2D eigenvalue weighted by Crippen LogP contribution is 2.59. The second kappa shape index (κ2) is 5.19. The van der Waals surface area contributed by atoms with Crippen molar-refractivity contribution < 1.29 is 14.3 Å². The first-order chi connectivity index (χ1) is 11.2. The lowest BCUT2D eigenvalue weighted by Crippen LogP contribution is -2.23. The van der Waals surface area contributed by atoms with Gasteiger partial charge in [-0.05, 0) is 43.2 Å². The Balaban J connectivity index is 1.64. The number of hydrogen-bond donors (Lipinski definition) is 1. The lowest BCUT2D eigenvalue weighted by Gasteiger charge is -2.26. The van der Waals surface area contributed by atoms with Crippen molar-refractivity contribution in [3.05, 3.63) is 53.7 Å². The molecule has 5 nitrogen and oxygen atoms in total. The summed E-state index contributed by atoms with van der Waals surface area (Å²) in [4.78, 5) is 27.7. The molecule has 116 valence electrons. The van der Waals surface area contributed by atoms with E-state index in [0.29, 0.717) is 18.0 Å². The number of aldehydes is 1. The van der Waals surface area contributed by atoms with Gasteiger partial charge < -0.3 is 14.8 Å². The molecule has 1 saturated carbocycles. The van der Waals surface area contributed by atoms with Crippen LogP contribution >= 0.6 is 0 Å². The molecule has 1 spiro atoms. The molecule has 0 saturated heterocycles. The number of anilines is 1. The minimum Gasteiger partial charge on any atom is -0.493 e. The quantitative estimate of drug-likeness (QED) is 0.885. The molecule has 1 aliphatic heterocycles. The number of rotatable bonds is 3. The SMILES string of the molecule is O=CC1CC12CCOc1ccc(C(=O)Nc3ccccn3)cc12. The van der Waals surface area contributed by atoms with E-state index in [-0.39, 0.29) is 17.2 Å². The van der Waals surface area contributed by atoms with Crippen molar-refractivity contribution >= 4 is 18.0 Å². The lowest BCUT2D eigenvalue weighted by atomic mass is 9.86. The largest absolute Gasteiger partial charge is 0.493 e. The van der Waals surface area contributed by atoms with Gasteiger partial charge in [-0.2, -0.15) is 0 Å². The number of ether oxygens (including phenoxy) is 1. The topological polar surface area (TPSA) is 68.3 Å². The Morgan fingerprint density at radius 1 is 1.35 bits per heavy atom. The molecular weight excluding hydrogens is 292 g/mol. The van der Waals surface area contributed by atoms with Crippen LogP contribution in [-0.4, -0.2) is 23.8 Å². The van der Waals surface area contributed by atoms with Gasteiger partial charge in [0.1, 0.15) is 17.9 Å². The van der Waals surface area contributed by atoms with Gasteiger partial charge in [0, 0.05) is 28.7 Å². The molecule has 1 amide bonds. The highest BCUT2D eigenvalue weighted by Gasteiger charge is 2.57. The zero-order chi connectivity index (χ0) is 15.9. The summed E-state index contributed by atoms with van der Waals surface area (Å²) in [5.41, 5.74) is 1.40. The molecule has 2 atom stereocenters. The second-order valence-electron chi connectivity index (χ2n) is 6.08. The Kier molecular flexibility index (Phi) is 3.15. The lowest BCUT2D eigenvalue weighted by molar-refractivity contribution is -0.109. The normalized spacial score (nSPS) is 24.4. The molecule has 1 N–H and O–H groups in total. The molecule has 1 fully saturated rings.